The van der Waals surface area contributed by atoms with Crippen molar-refractivity contribution >= 4 is 27.4 Å². The number of nitrogen functional groups attached to an aromatic ring is 1. The number of hydrazine groups is 1. The first-order valence-electron chi connectivity index (χ1n) is 5.96. The van der Waals surface area contributed by atoms with Crippen LogP contribution in [0.25, 0.3) is 10.2 Å². The number of hydrogen-bond acceptors (Lipinski definition) is 8. The Morgan fingerprint density at radius 3 is 2.79 bits per heavy atom. The van der Waals surface area contributed by atoms with Crippen molar-refractivity contribution in [1.29, 1.82) is 0 Å². The number of nitrogens with two attached hydrogens (primary N) is 1. The van der Waals surface area contributed by atoms with E-state index in [1.165, 1.54) is 11.3 Å². The van der Waals surface area contributed by atoms with Gasteiger partial charge in [0.05, 0.1) is 24.1 Å². The molecule has 102 valence electrons. The summed E-state index contributed by atoms with van der Waals surface area (Å²) in [4.78, 5) is 11.6. The number of fused-ring (bicyclic) bond motifs is 1. The first-order chi connectivity index (χ1) is 9.17. The van der Waals surface area contributed by atoms with Gasteiger partial charge in [0.25, 0.3) is 0 Å². The Morgan fingerprint density at radius 2 is 2.11 bits per heavy atom. The highest BCUT2D eigenvalue weighted by Crippen LogP contribution is 2.25. The average molecular weight is 281 g/mol. The molecule has 7 nitrogen and oxygen atoms in total. The van der Waals surface area contributed by atoms with Crippen LogP contribution in [0.1, 0.15) is 5.82 Å². The van der Waals surface area contributed by atoms with Gasteiger partial charge in [0.1, 0.15) is 10.7 Å². The van der Waals surface area contributed by atoms with E-state index < -0.39 is 12.2 Å². The molecule has 3 heterocycles. The highest BCUT2D eigenvalue weighted by molar-refractivity contribution is 7.16. The summed E-state index contributed by atoms with van der Waals surface area (Å²) in [5.41, 5.74) is 2.58. The lowest BCUT2D eigenvalue weighted by Crippen LogP contribution is -2.23. The first-order valence-corrected chi connectivity index (χ1v) is 6.84. The van der Waals surface area contributed by atoms with Crippen molar-refractivity contribution < 1.29 is 10.2 Å². The number of nitrogens with zero attached hydrogens (tertiary/aromatic N) is 3. The lowest BCUT2D eigenvalue weighted by Gasteiger charge is -2.14. The maximum Gasteiger partial charge on any atom is 0.152 e. The van der Waals surface area contributed by atoms with E-state index in [9.17, 15) is 10.2 Å². The Balaban J connectivity index is 1.85. The van der Waals surface area contributed by atoms with E-state index in [4.69, 9.17) is 5.84 Å². The van der Waals surface area contributed by atoms with Crippen molar-refractivity contribution in [3.8, 4) is 0 Å². The number of β-amino-alcohol motifs (C(OH)–C–C–N with tert-alkyl or cyclic N) is 2. The molecule has 1 fully saturated rings. The fourth-order valence-corrected chi connectivity index (χ4v) is 3.04. The predicted octanol–water partition coefficient (Wildman–Crippen LogP) is -0.486. The summed E-state index contributed by atoms with van der Waals surface area (Å²) >= 11 is 1.53. The number of nitrogens with one attached hydrogen (secondary N) is 1. The molecule has 2 aromatic heterocycles. The van der Waals surface area contributed by atoms with Crippen molar-refractivity contribution in [2.24, 2.45) is 5.84 Å². The van der Waals surface area contributed by atoms with Crippen LogP contribution in [0.2, 0.25) is 0 Å². The zero-order chi connectivity index (χ0) is 13.4. The second kappa shape index (κ2) is 4.99. The third-order valence-corrected chi connectivity index (χ3v) is 4.01. The van der Waals surface area contributed by atoms with E-state index in [-0.39, 0.29) is 0 Å². The minimum atomic E-state index is -0.697. The molecular weight excluding hydrogens is 266 g/mol. The molecule has 0 bridgehead atoms. The second-order valence-corrected chi connectivity index (χ2v) is 5.50. The molecule has 0 aromatic carbocycles. The van der Waals surface area contributed by atoms with Crippen LogP contribution in [0.5, 0.6) is 0 Å². The number of likely N-dealkylation sites (tertiary alicyclic amines) is 1. The maximum atomic E-state index is 9.52. The molecule has 3 rings (SSSR count). The molecule has 19 heavy (non-hydrogen) atoms. The van der Waals surface area contributed by atoms with Gasteiger partial charge in [-0.05, 0) is 11.4 Å². The van der Waals surface area contributed by atoms with Crippen molar-refractivity contribution in [3.05, 3.63) is 17.3 Å². The number of rotatable bonds is 3. The van der Waals surface area contributed by atoms with Gasteiger partial charge >= 0.3 is 0 Å². The highest BCUT2D eigenvalue weighted by Gasteiger charge is 2.29. The molecule has 5 N–H and O–H groups in total. The third-order valence-electron chi connectivity index (χ3n) is 3.21. The molecule has 1 aliphatic rings. The van der Waals surface area contributed by atoms with Gasteiger partial charge in [0, 0.05) is 13.1 Å². The van der Waals surface area contributed by atoms with Gasteiger partial charge in [-0.3, -0.25) is 4.90 Å². The van der Waals surface area contributed by atoms with E-state index in [1.54, 1.807) is 0 Å². The second-order valence-electron chi connectivity index (χ2n) is 4.60. The molecule has 0 radical (unpaired) electrons. The highest BCUT2D eigenvalue weighted by atomic mass is 32.1. The molecule has 0 amide bonds. The van der Waals surface area contributed by atoms with Crippen LogP contribution >= 0.6 is 11.3 Å². The number of aromatic nitrogens is 2. The van der Waals surface area contributed by atoms with Gasteiger partial charge in [0.15, 0.2) is 5.82 Å². The standard InChI is InChI=1S/C11H15N5O2S/c12-15-10-6-1-2-19-11(6)14-9(13-10)5-16-3-7(17)8(18)4-16/h1-2,7-8,17-18H,3-5,12H2,(H,13,14,15). The summed E-state index contributed by atoms with van der Waals surface area (Å²) in [6, 6.07) is 1.92. The SMILES string of the molecule is NNc1nc(CN2CC(O)C(O)C2)nc2sccc12. The number of aliphatic hydroxyl groups excluding tert-OH is 2. The number of thiophene rings is 1. The largest absolute Gasteiger partial charge is 0.389 e. The zero-order valence-electron chi connectivity index (χ0n) is 10.2. The third kappa shape index (κ3) is 2.40. The van der Waals surface area contributed by atoms with Crippen molar-refractivity contribution in [1.82, 2.24) is 14.9 Å². The molecule has 2 atom stereocenters. The van der Waals surface area contributed by atoms with E-state index in [0.29, 0.717) is 31.3 Å². The molecular formula is C11H15N5O2S. The lowest BCUT2D eigenvalue weighted by atomic mass is 10.3. The van der Waals surface area contributed by atoms with Gasteiger partial charge < -0.3 is 15.6 Å². The van der Waals surface area contributed by atoms with Gasteiger partial charge in [-0.25, -0.2) is 15.8 Å². The Hall–Kier alpha value is -1.32. The van der Waals surface area contributed by atoms with Crippen molar-refractivity contribution in [3.63, 3.8) is 0 Å². The average Bonchev–Trinajstić information content (AvgIpc) is 2.96. The van der Waals surface area contributed by atoms with E-state index in [2.05, 4.69) is 15.4 Å². The Labute approximate surface area is 113 Å². The summed E-state index contributed by atoms with van der Waals surface area (Å²) in [6.45, 7) is 1.34. The quantitative estimate of drug-likeness (QED) is 0.444. The van der Waals surface area contributed by atoms with Crippen LogP contribution in [-0.4, -0.2) is 50.4 Å². The Kier molecular flexibility index (Phi) is 3.33. The number of aliphatic hydroxyl groups is 2. The minimum Gasteiger partial charge on any atom is -0.389 e. The normalized spacial score (nSPS) is 24.2. The topological polar surface area (TPSA) is 108 Å². The fraction of sp³-hybridized carbons (Fsp3) is 0.455. The molecule has 2 aromatic rings. The molecule has 2 unspecified atom stereocenters. The number of hydrogen-bond donors (Lipinski definition) is 4. The van der Waals surface area contributed by atoms with E-state index >= 15 is 0 Å². The summed E-state index contributed by atoms with van der Waals surface area (Å²) in [5.74, 6) is 6.69. The Bertz CT molecular complexity index is 579. The molecule has 1 saturated heterocycles. The van der Waals surface area contributed by atoms with Crippen LogP contribution in [0, 0.1) is 0 Å². The minimum absolute atomic E-state index is 0.429. The first kappa shape index (κ1) is 12.7. The summed E-state index contributed by atoms with van der Waals surface area (Å²) in [6.07, 6.45) is -1.39. The van der Waals surface area contributed by atoms with E-state index in [1.807, 2.05) is 16.3 Å². The molecule has 1 aliphatic heterocycles. The molecule has 8 heteroatoms. The molecule has 0 aliphatic carbocycles. The smallest absolute Gasteiger partial charge is 0.152 e. The van der Waals surface area contributed by atoms with Crippen LogP contribution in [0.4, 0.5) is 5.82 Å². The van der Waals surface area contributed by atoms with Crippen LogP contribution < -0.4 is 11.3 Å². The number of anilines is 1. The monoisotopic (exact) mass is 281 g/mol. The molecule has 0 spiro atoms. The fourth-order valence-electron chi connectivity index (χ4n) is 2.26. The van der Waals surface area contributed by atoms with Gasteiger partial charge in [-0.15, -0.1) is 11.3 Å². The van der Waals surface area contributed by atoms with Gasteiger partial charge in [-0.1, -0.05) is 0 Å². The summed E-state index contributed by atoms with van der Waals surface area (Å²) in [5, 5.41) is 21.9. The van der Waals surface area contributed by atoms with Crippen LogP contribution in [-0.2, 0) is 6.54 Å². The van der Waals surface area contributed by atoms with Gasteiger partial charge in [-0.2, -0.15) is 0 Å². The van der Waals surface area contributed by atoms with Crippen LogP contribution in [0.15, 0.2) is 11.4 Å². The van der Waals surface area contributed by atoms with Crippen molar-refractivity contribution in [2.45, 2.75) is 18.8 Å². The summed E-state index contributed by atoms with van der Waals surface area (Å²) in [7, 11) is 0. The van der Waals surface area contributed by atoms with Gasteiger partial charge in [0.2, 0.25) is 0 Å². The zero-order valence-corrected chi connectivity index (χ0v) is 11.0. The Morgan fingerprint density at radius 1 is 1.37 bits per heavy atom. The predicted molar refractivity (Wildman–Crippen MR) is 72.5 cm³/mol. The summed E-state index contributed by atoms with van der Waals surface area (Å²) < 4.78 is 0. The van der Waals surface area contributed by atoms with Crippen molar-refractivity contribution in [2.75, 3.05) is 18.5 Å². The molecule has 0 saturated carbocycles. The lowest BCUT2D eigenvalue weighted by molar-refractivity contribution is 0.0572. The van der Waals surface area contributed by atoms with E-state index in [0.717, 1.165) is 10.2 Å². The van der Waals surface area contributed by atoms with Crippen LogP contribution in [0.3, 0.4) is 0 Å². The maximum absolute atomic E-state index is 9.52.